The monoisotopic (exact) mass is 2410 g/mol. The summed E-state index contributed by atoms with van der Waals surface area (Å²) in [6.45, 7) is 9.95. The van der Waals surface area contributed by atoms with E-state index in [1.54, 1.807) is 29.5 Å². The fraction of sp³-hybridized carbons (Fsp3) is 0.0947. The van der Waals surface area contributed by atoms with Crippen LogP contribution in [0.2, 0.25) is 0 Å². The zero-order valence-corrected chi connectivity index (χ0v) is 75.8. The first-order chi connectivity index (χ1) is 53.3. The van der Waals surface area contributed by atoms with Crippen molar-refractivity contribution in [2.75, 3.05) is 0 Å². The number of carbonyl (C=O) groups excluding carboxylic acids is 1. The van der Waals surface area contributed by atoms with Gasteiger partial charge < -0.3 is 9.78 Å². The number of nitrogens with zero attached hydrogens (tertiary/aromatic N) is 10. The molecule has 0 spiro atoms. The van der Waals surface area contributed by atoms with Crippen LogP contribution in [0.1, 0.15) is 82.6 Å². The van der Waals surface area contributed by atoms with Crippen LogP contribution in [0.3, 0.4) is 0 Å². The molecular formula is C95H83Cl2Ir5N10O-6. The minimum atomic E-state index is 0. The molecule has 0 aliphatic heterocycles. The Morgan fingerprint density at radius 2 is 0.611 bits per heavy atom. The zero-order valence-electron chi connectivity index (χ0n) is 62.2. The van der Waals surface area contributed by atoms with Crippen LogP contribution in [0.5, 0.6) is 0 Å². The van der Waals surface area contributed by atoms with E-state index in [0.29, 0.717) is 0 Å². The third-order valence-corrected chi connectivity index (χ3v) is 15.0. The Bertz CT molecular complexity index is 4220. The molecule has 584 valence electrons. The number of benzene rings is 7. The van der Waals surface area contributed by atoms with E-state index in [2.05, 4.69) is 167 Å². The number of pyridine rings is 8. The summed E-state index contributed by atoms with van der Waals surface area (Å²) in [5, 5.41) is 4.07. The summed E-state index contributed by atoms with van der Waals surface area (Å²) in [6.07, 6.45) is 22.4. The van der Waals surface area contributed by atoms with Crippen LogP contribution in [0.4, 0.5) is 0 Å². The first-order valence-electron chi connectivity index (χ1n) is 34.6. The normalized spacial score (nSPS) is 9.35. The van der Waals surface area contributed by atoms with Gasteiger partial charge in [-0.05, 0) is 141 Å². The number of hydrogen-bond acceptors (Lipinski definition) is 10. The summed E-state index contributed by atoms with van der Waals surface area (Å²) >= 11 is 1.47. The molecule has 0 saturated carbocycles. The minimum absolute atomic E-state index is 0. The number of para-hydroxylation sites is 1. The van der Waals surface area contributed by atoms with Gasteiger partial charge in [-0.3, -0.25) is 46.4 Å². The van der Waals surface area contributed by atoms with Crippen molar-refractivity contribution in [1.29, 1.82) is 0 Å². The SMILES string of the molecule is CC(C)(C)c1ccc[c-]c1Cc1ccccn1.Cl.[CH-]=O.[Cl][Ir+2].[Ir].[Ir].[Ir].[Ir].[c-]1ccccc1-c1ccccn1.[c-]1ccccc1-n1cccn1.[c-]1ccccc1Cc1ccccn1.[c-]1ccccc1Cc1ccccn1.[c-]1ccccc1Cc1ccccn1.[c-]1ccccc1Cc1ccccn1.c1ccc(-c2ccccn2)nc1. The van der Waals surface area contributed by atoms with Gasteiger partial charge in [0.05, 0.1) is 11.4 Å². The van der Waals surface area contributed by atoms with E-state index in [0.717, 1.165) is 88.9 Å². The van der Waals surface area contributed by atoms with Crippen molar-refractivity contribution in [2.24, 2.45) is 0 Å². The van der Waals surface area contributed by atoms with Crippen LogP contribution in [0, 0.1) is 42.5 Å². The summed E-state index contributed by atoms with van der Waals surface area (Å²) in [5.74, 6) is 0. The summed E-state index contributed by atoms with van der Waals surface area (Å²) in [6, 6.07) is 125. The van der Waals surface area contributed by atoms with Crippen molar-refractivity contribution >= 4 is 28.8 Å². The van der Waals surface area contributed by atoms with Gasteiger partial charge in [-0.2, -0.15) is 203 Å². The summed E-state index contributed by atoms with van der Waals surface area (Å²) in [5.41, 5.74) is 17.7. The maximum absolute atomic E-state index is 7.75. The van der Waals surface area contributed by atoms with Gasteiger partial charge in [0, 0.05) is 171 Å². The molecule has 0 aliphatic rings. The van der Waals surface area contributed by atoms with E-state index in [9.17, 15) is 0 Å². The zero-order chi connectivity index (χ0) is 76.0. The molecule has 4 radical (unpaired) electrons. The van der Waals surface area contributed by atoms with Crippen molar-refractivity contribution < 1.29 is 103 Å². The number of hydrogen-bond donors (Lipinski definition) is 0. The quantitative estimate of drug-likeness (QED) is 0.0810. The third kappa shape index (κ3) is 41.2. The maximum atomic E-state index is 7.75. The van der Waals surface area contributed by atoms with E-state index in [1.807, 2.05) is 310 Å². The van der Waals surface area contributed by atoms with E-state index in [1.165, 1.54) is 51.3 Å². The number of halogens is 2. The minimum Gasteiger partial charge on any atom is -0.305 e. The third-order valence-electron chi connectivity index (χ3n) is 15.0. The molecule has 0 bridgehead atoms. The van der Waals surface area contributed by atoms with Gasteiger partial charge in [-0.1, -0.05) is 80.8 Å². The average molecular weight is 2410 g/mol. The van der Waals surface area contributed by atoms with Crippen LogP contribution in [0.15, 0.2) is 377 Å². The average Bonchev–Trinajstić information content (AvgIpc) is 1.25. The van der Waals surface area contributed by atoms with Gasteiger partial charge in [0.1, 0.15) is 0 Å². The Morgan fingerprint density at radius 3 is 0.885 bits per heavy atom. The van der Waals surface area contributed by atoms with Gasteiger partial charge in [0.2, 0.25) is 0 Å². The second-order valence-electron chi connectivity index (χ2n) is 24.0. The Balaban J connectivity index is 0.000000433. The van der Waals surface area contributed by atoms with Crippen molar-refractivity contribution in [3.63, 3.8) is 0 Å². The molecule has 11 nitrogen and oxygen atoms in total. The molecule has 9 aromatic heterocycles. The van der Waals surface area contributed by atoms with Crippen LogP contribution >= 0.6 is 22.0 Å². The molecule has 18 heteroatoms. The Morgan fingerprint density at radius 1 is 0.310 bits per heavy atom. The van der Waals surface area contributed by atoms with Crippen molar-refractivity contribution in [1.82, 2.24) is 49.7 Å². The molecule has 16 aromatic rings. The molecule has 0 atom stereocenters. The van der Waals surface area contributed by atoms with Crippen LogP contribution in [-0.4, -0.2) is 56.4 Å². The predicted molar refractivity (Wildman–Crippen MR) is 439 cm³/mol. The molecule has 7 aromatic carbocycles. The topological polar surface area (TPSA) is 138 Å². The number of aromatic nitrogens is 10. The van der Waals surface area contributed by atoms with Crippen LogP contribution < -0.4 is 0 Å². The van der Waals surface area contributed by atoms with Gasteiger partial charge in [0.15, 0.2) is 0 Å². The molecule has 0 fully saturated rings. The van der Waals surface area contributed by atoms with Crippen molar-refractivity contribution in [2.45, 2.75) is 58.3 Å². The molecule has 9 heterocycles. The molecule has 0 N–H and O–H groups in total. The molecule has 16 rings (SSSR count). The predicted octanol–water partition coefficient (Wildman–Crippen LogP) is 20.9. The number of rotatable bonds is 13. The van der Waals surface area contributed by atoms with E-state index in [-0.39, 0.29) is 98.2 Å². The molecule has 113 heavy (non-hydrogen) atoms. The maximum Gasteiger partial charge on any atom is 0.0886 e. The molecule has 0 unspecified atom stereocenters. The molecule has 0 aliphatic carbocycles. The van der Waals surface area contributed by atoms with E-state index < -0.39 is 0 Å². The summed E-state index contributed by atoms with van der Waals surface area (Å²) in [4.78, 5) is 41.7. The van der Waals surface area contributed by atoms with Gasteiger partial charge in [-0.15, -0.1) is 59.9 Å². The smallest absolute Gasteiger partial charge is 0.0886 e. The molecule has 0 saturated heterocycles. The summed E-state index contributed by atoms with van der Waals surface area (Å²) < 4.78 is 1.78. The molecule has 0 amide bonds. The molecular weight excluding hydrogens is 2330 g/mol. The Kier molecular flexibility index (Phi) is 54.6. The Labute approximate surface area is 742 Å². The fourth-order valence-corrected chi connectivity index (χ4v) is 10.00. The second-order valence-corrected chi connectivity index (χ2v) is 24.0. The van der Waals surface area contributed by atoms with E-state index >= 15 is 0 Å². The van der Waals surface area contributed by atoms with Crippen LogP contribution in [0.25, 0.3) is 28.3 Å². The second kappa shape index (κ2) is 62.0. The van der Waals surface area contributed by atoms with Crippen LogP contribution in [-0.2, 0) is 141 Å². The van der Waals surface area contributed by atoms with Gasteiger partial charge in [-0.25, -0.2) is 0 Å². The summed E-state index contributed by atoms with van der Waals surface area (Å²) in [7, 11) is 4.64. The van der Waals surface area contributed by atoms with E-state index in [4.69, 9.17) is 4.79 Å². The van der Waals surface area contributed by atoms with Crippen molar-refractivity contribution in [3.8, 4) is 28.3 Å². The first-order valence-corrected chi connectivity index (χ1v) is 37.6. The fourth-order valence-electron chi connectivity index (χ4n) is 10.00. The Hall–Kier alpha value is -9.55. The first kappa shape index (κ1) is 99.5. The van der Waals surface area contributed by atoms with Gasteiger partial charge in [0.25, 0.3) is 0 Å². The standard InChI is InChI=1S/C16H18N.4C12H10N.C11H8N.C10H8N2.C9H7N2.CHO.2ClH.5Ir/c1-16(2,3)15-10-5-4-8-13(15)12-14-9-6-7-11-17-14;4*1-2-6-11(7-3-1)10-12-8-4-5-9-13-12;1-2-6-10(7-3-1)11-8-4-5-9-12-11;1-3-7-11-9(5-1)10-6-2-4-8-12-10;1-2-5-9(6-3-1)11-8-4-7-10-11;1-2;;;;;;;/h4-7,9-11H,12H2,1-3H3;4*1-6,8-9H,10H2;1-6,8-9H;1-8H;1-5,7-8H;1H;2*1H;;;;;/q6*-1;;2*-1;;;;;;;+3/p-1. The van der Waals surface area contributed by atoms with Crippen molar-refractivity contribution in [3.05, 3.63) is 482 Å². The van der Waals surface area contributed by atoms with Gasteiger partial charge >= 0.3 is 27.5 Å². The largest absolute Gasteiger partial charge is 0.305 e.